The first-order chi connectivity index (χ1) is 13.4. The highest BCUT2D eigenvalue weighted by Gasteiger charge is 2.33. The first kappa shape index (κ1) is 21.7. The maximum atomic E-state index is 12.6. The highest BCUT2D eigenvalue weighted by Crippen LogP contribution is 2.24. The van der Waals surface area contributed by atoms with E-state index >= 15 is 0 Å². The molecule has 4 nitrogen and oxygen atoms in total. The van der Waals surface area contributed by atoms with Crippen molar-refractivity contribution in [2.45, 2.75) is 52.7 Å². The molecule has 28 heavy (non-hydrogen) atoms. The van der Waals surface area contributed by atoms with E-state index in [0.717, 1.165) is 6.42 Å². The fourth-order valence-electron chi connectivity index (χ4n) is 3.00. The van der Waals surface area contributed by atoms with Gasteiger partial charge in [-0.2, -0.15) is 0 Å². The van der Waals surface area contributed by atoms with E-state index in [9.17, 15) is 9.59 Å². The molecule has 0 aromatic heterocycles. The van der Waals surface area contributed by atoms with Crippen LogP contribution in [0.15, 0.2) is 60.7 Å². The van der Waals surface area contributed by atoms with E-state index in [2.05, 4.69) is 13.8 Å². The summed E-state index contributed by atoms with van der Waals surface area (Å²) in [6.07, 6.45) is 0.571. The van der Waals surface area contributed by atoms with Crippen molar-refractivity contribution >= 4 is 11.9 Å². The minimum atomic E-state index is -0.519. The van der Waals surface area contributed by atoms with E-state index < -0.39 is 24.1 Å². The quantitative estimate of drug-likeness (QED) is 0.535. The third-order valence-electron chi connectivity index (χ3n) is 4.88. The van der Waals surface area contributed by atoms with Crippen LogP contribution in [0.25, 0.3) is 0 Å². The summed E-state index contributed by atoms with van der Waals surface area (Å²) in [7, 11) is 0. The van der Waals surface area contributed by atoms with E-state index in [0.29, 0.717) is 23.5 Å². The number of esters is 2. The molecule has 0 radical (unpaired) electrons. The zero-order chi connectivity index (χ0) is 20.5. The van der Waals surface area contributed by atoms with Gasteiger partial charge in [-0.05, 0) is 42.5 Å². The van der Waals surface area contributed by atoms with Crippen LogP contribution < -0.4 is 0 Å². The Morgan fingerprint density at radius 3 is 1.68 bits per heavy atom. The van der Waals surface area contributed by atoms with Gasteiger partial charge in [0.2, 0.25) is 0 Å². The second-order valence-electron chi connectivity index (χ2n) is 7.54. The number of carbonyl (C=O) groups excluding carboxylic acids is 2. The Morgan fingerprint density at radius 2 is 1.25 bits per heavy atom. The minimum absolute atomic E-state index is 0.00490. The van der Waals surface area contributed by atoms with E-state index in [1.165, 1.54) is 0 Å². The maximum absolute atomic E-state index is 12.6. The van der Waals surface area contributed by atoms with E-state index in [4.69, 9.17) is 9.47 Å². The van der Waals surface area contributed by atoms with Gasteiger partial charge < -0.3 is 9.47 Å². The minimum Gasteiger partial charge on any atom is -0.455 e. The van der Waals surface area contributed by atoms with Crippen molar-refractivity contribution in [3.8, 4) is 0 Å². The fourth-order valence-corrected chi connectivity index (χ4v) is 3.00. The van der Waals surface area contributed by atoms with Gasteiger partial charge in [-0.3, -0.25) is 0 Å². The molecule has 0 spiro atoms. The molecule has 0 amide bonds. The summed E-state index contributed by atoms with van der Waals surface area (Å²) in [4.78, 5) is 25.3. The van der Waals surface area contributed by atoms with E-state index in [1.54, 1.807) is 48.5 Å². The lowest BCUT2D eigenvalue weighted by Gasteiger charge is -2.31. The SMILES string of the molecule is CC[C@@H](C)C[C@H](OC(=O)c1ccccc1)[C@@H](OC(=O)c1ccccc1)C(C)C. The van der Waals surface area contributed by atoms with Crippen LogP contribution in [0.5, 0.6) is 0 Å². The predicted octanol–water partition coefficient (Wildman–Crippen LogP) is 5.53. The molecular formula is C24H30O4. The Bertz CT molecular complexity index is 740. The molecule has 2 aromatic carbocycles. The Hall–Kier alpha value is -2.62. The molecule has 0 fully saturated rings. The standard InChI is InChI=1S/C24H30O4/c1-5-18(4)16-21(27-23(25)19-12-8-6-9-13-19)22(17(2)3)28-24(26)20-14-10-7-11-15-20/h6-15,17-18,21-22H,5,16H2,1-4H3/t18-,21+,22+/m1/s1. The summed E-state index contributed by atoms with van der Waals surface area (Å²) in [6.45, 7) is 8.16. The van der Waals surface area contributed by atoms with Crippen molar-refractivity contribution in [3.05, 3.63) is 71.8 Å². The summed E-state index contributed by atoms with van der Waals surface area (Å²) in [5, 5.41) is 0. The van der Waals surface area contributed by atoms with E-state index in [1.807, 2.05) is 26.0 Å². The number of rotatable bonds is 9. The molecule has 2 aromatic rings. The van der Waals surface area contributed by atoms with Crippen LogP contribution in [0, 0.1) is 11.8 Å². The van der Waals surface area contributed by atoms with Crippen LogP contribution in [0.3, 0.4) is 0 Å². The van der Waals surface area contributed by atoms with Gasteiger partial charge in [-0.1, -0.05) is 70.5 Å². The van der Waals surface area contributed by atoms with Crippen molar-refractivity contribution in [3.63, 3.8) is 0 Å². The van der Waals surface area contributed by atoms with Gasteiger partial charge in [0.05, 0.1) is 11.1 Å². The molecule has 4 heteroatoms. The van der Waals surface area contributed by atoms with Crippen molar-refractivity contribution in [1.29, 1.82) is 0 Å². The highest BCUT2D eigenvalue weighted by atomic mass is 16.6. The van der Waals surface area contributed by atoms with Crippen molar-refractivity contribution in [1.82, 2.24) is 0 Å². The van der Waals surface area contributed by atoms with Gasteiger partial charge in [-0.25, -0.2) is 9.59 Å². The average molecular weight is 383 g/mol. The number of ether oxygens (including phenoxy) is 2. The Kier molecular flexibility index (Phi) is 8.24. The first-order valence-electron chi connectivity index (χ1n) is 9.94. The molecule has 0 unspecified atom stereocenters. The Labute approximate surface area is 167 Å². The molecule has 0 aliphatic carbocycles. The Morgan fingerprint density at radius 1 is 0.786 bits per heavy atom. The molecule has 2 rings (SSSR count). The van der Waals surface area contributed by atoms with Crippen molar-refractivity contribution in [2.75, 3.05) is 0 Å². The number of hydrogen-bond acceptors (Lipinski definition) is 4. The first-order valence-corrected chi connectivity index (χ1v) is 9.94. The number of carbonyl (C=O) groups is 2. The molecule has 0 heterocycles. The van der Waals surface area contributed by atoms with Crippen LogP contribution in [0.1, 0.15) is 61.3 Å². The topological polar surface area (TPSA) is 52.6 Å². The van der Waals surface area contributed by atoms with Crippen LogP contribution in [0.4, 0.5) is 0 Å². The highest BCUT2D eigenvalue weighted by molar-refractivity contribution is 5.90. The monoisotopic (exact) mass is 382 g/mol. The predicted molar refractivity (Wildman–Crippen MR) is 110 cm³/mol. The summed E-state index contributed by atoms with van der Waals surface area (Å²) >= 11 is 0. The molecule has 3 atom stereocenters. The van der Waals surface area contributed by atoms with Gasteiger partial charge in [0.25, 0.3) is 0 Å². The normalized spacial score (nSPS) is 14.2. The van der Waals surface area contributed by atoms with Crippen LogP contribution >= 0.6 is 0 Å². The molecule has 0 aliphatic heterocycles. The average Bonchev–Trinajstić information content (AvgIpc) is 2.72. The van der Waals surface area contributed by atoms with Crippen LogP contribution in [-0.4, -0.2) is 24.1 Å². The molecule has 0 N–H and O–H groups in total. The lowest BCUT2D eigenvalue weighted by atomic mass is 9.92. The molecular weight excluding hydrogens is 352 g/mol. The third-order valence-corrected chi connectivity index (χ3v) is 4.88. The molecule has 0 bridgehead atoms. The largest absolute Gasteiger partial charge is 0.455 e. The van der Waals surface area contributed by atoms with Gasteiger partial charge in [0.1, 0.15) is 12.2 Å². The van der Waals surface area contributed by atoms with Crippen molar-refractivity contribution < 1.29 is 19.1 Å². The van der Waals surface area contributed by atoms with Gasteiger partial charge in [-0.15, -0.1) is 0 Å². The lowest BCUT2D eigenvalue weighted by Crippen LogP contribution is -2.40. The number of hydrogen-bond donors (Lipinski definition) is 0. The second-order valence-corrected chi connectivity index (χ2v) is 7.54. The zero-order valence-corrected chi connectivity index (χ0v) is 17.1. The zero-order valence-electron chi connectivity index (χ0n) is 17.1. The third kappa shape index (κ3) is 6.22. The van der Waals surface area contributed by atoms with Gasteiger partial charge in [0.15, 0.2) is 0 Å². The molecule has 0 saturated heterocycles. The van der Waals surface area contributed by atoms with Gasteiger partial charge >= 0.3 is 11.9 Å². The van der Waals surface area contributed by atoms with Crippen LogP contribution in [-0.2, 0) is 9.47 Å². The molecule has 0 aliphatic rings. The molecule has 0 saturated carbocycles. The van der Waals surface area contributed by atoms with E-state index in [-0.39, 0.29) is 5.92 Å². The van der Waals surface area contributed by atoms with Gasteiger partial charge in [0, 0.05) is 0 Å². The second kappa shape index (κ2) is 10.6. The number of benzene rings is 2. The summed E-state index contributed by atoms with van der Waals surface area (Å²) < 4.78 is 11.7. The van der Waals surface area contributed by atoms with Crippen LogP contribution in [0.2, 0.25) is 0 Å². The summed E-state index contributed by atoms with van der Waals surface area (Å²) in [5.41, 5.74) is 0.985. The summed E-state index contributed by atoms with van der Waals surface area (Å²) in [6, 6.07) is 17.8. The van der Waals surface area contributed by atoms with Crippen molar-refractivity contribution in [2.24, 2.45) is 11.8 Å². The Balaban J connectivity index is 2.21. The lowest BCUT2D eigenvalue weighted by molar-refractivity contribution is -0.0579. The smallest absolute Gasteiger partial charge is 0.338 e. The fraction of sp³-hybridized carbons (Fsp3) is 0.417. The summed E-state index contributed by atoms with van der Waals surface area (Å²) in [5.74, 6) is -0.449. The molecule has 150 valence electrons. The maximum Gasteiger partial charge on any atom is 0.338 e.